The van der Waals surface area contributed by atoms with Gasteiger partial charge in [-0.3, -0.25) is 0 Å². The summed E-state index contributed by atoms with van der Waals surface area (Å²) in [7, 11) is 0. The van der Waals surface area contributed by atoms with Crippen LogP contribution in [-0.4, -0.2) is 10.2 Å². The third kappa shape index (κ3) is 4.69. The number of hydrogen-bond acceptors (Lipinski definition) is 4. The van der Waals surface area contributed by atoms with Crippen molar-refractivity contribution in [3.63, 3.8) is 0 Å². The van der Waals surface area contributed by atoms with Crippen LogP contribution in [0.25, 0.3) is 11.5 Å². The molecule has 1 aromatic heterocycles. The third-order valence-electron chi connectivity index (χ3n) is 3.97. The van der Waals surface area contributed by atoms with Crippen molar-refractivity contribution < 1.29 is 4.42 Å². The summed E-state index contributed by atoms with van der Waals surface area (Å²) in [4.78, 5) is 0. The van der Waals surface area contributed by atoms with E-state index in [4.69, 9.17) is 4.42 Å². The third-order valence-corrected chi connectivity index (χ3v) is 3.97. The van der Waals surface area contributed by atoms with Crippen LogP contribution in [0.2, 0.25) is 0 Å². The normalized spacial score (nSPS) is 12.8. The molecular weight excluding hydrogens is 310 g/mol. The molecule has 0 aliphatic carbocycles. The molecule has 4 heteroatoms. The van der Waals surface area contributed by atoms with E-state index in [1.165, 1.54) is 5.56 Å². The van der Waals surface area contributed by atoms with Crippen LogP contribution in [0.1, 0.15) is 44.7 Å². The number of rotatable bonds is 5. The van der Waals surface area contributed by atoms with Gasteiger partial charge in [-0.2, -0.15) is 0 Å². The van der Waals surface area contributed by atoms with Crippen LogP contribution in [0.5, 0.6) is 0 Å². The number of benzene rings is 2. The van der Waals surface area contributed by atoms with Crippen LogP contribution in [0, 0.1) is 12.3 Å². The van der Waals surface area contributed by atoms with E-state index < -0.39 is 0 Å². The highest BCUT2D eigenvalue weighted by Crippen LogP contribution is 2.32. The van der Waals surface area contributed by atoms with Gasteiger partial charge in [0.1, 0.15) is 6.04 Å². The monoisotopic (exact) mass is 335 g/mol. The first-order valence-corrected chi connectivity index (χ1v) is 8.63. The maximum absolute atomic E-state index is 5.99. The van der Waals surface area contributed by atoms with Crippen LogP contribution in [0.3, 0.4) is 0 Å². The highest BCUT2D eigenvalue weighted by atomic mass is 16.4. The molecule has 1 atom stereocenters. The van der Waals surface area contributed by atoms with Crippen molar-refractivity contribution in [1.82, 2.24) is 10.2 Å². The first kappa shape index (κ1) is 17.2. The molecule has 2 aromatic carbocycles. The summed E-state index contributed by atoms with van der Waals surface area (Å²) in [6.45, 7) is 8.72. The van der Waals surface area contributed by atoms with E-state index in [2.05, 4.69) is 67.5 Å². The summed E-state index contributed by atoms with van der Waals surface area (Å²) < 4.78 is 5.99. The summed E-state index contributed by atoms with van der Waals surface area (Å²) >= 11 is 0. The summed E-state index contributed by atoms with van der Waals surface area (Å²) in [5, 5.41) is 12.1. The Morgan fingerprint density at radius 1 is 0.960 bits per heavy atom. The Labute approximate surface area is 149 Å². The lowest BCUT2D eigenvalue weighted by atomic mass is 9.88. The largest absolute Gasteiger partial charge is 0.418 e. The van der Waals surface area contributed by atoms with Crippen molar-refractivity contribution in [1.29, 1.82) is 0 Å². The Balaban J connectivity index is 1.86. The Hall–Kier alpha value is -2.62. The van der Waals surface area contributed by atoms with E-state index in [0.29, 0.717) is 11.8 Å². The second-order valence-corrected chi connectivity index (χ2v) is 7.64. The summed E-state index contributed by atoms with van der Waals surface area (Å²) in [6, 6.07) is 18.2. The molecule has 1 N–H and O–H groups in total. The molecule has 0 fully saturated rings. The molecule has 0 saturated heterocycles. The van der Waals surface area contributed by atoms with Gasteiger partial charge < -0.3 is 9.73 Å². The predicted molar refractivity (Wildman–Crippen MR) is 101 cm³/mol. The highest BCUT2D eigenvalue weighted by molar-refractivity contribution is 5.52. The Bertz CT molecular complexity index is 801. The molecule has 25 heavy (non-hydrogen) atoms. The molecule has 0 amide bonds. The molecule has 3 rings (SSSR count). The fraction of sp³-hybridized carbons (Fsp3) is 0.333. The lowest BCUT2D eigenvalue weighted by molar-refractivity contribution is 0.324. The van der Waals surface area contributed by atoms with Crippen LogP contribution in [0.15, 0.2) is 59.0 Å². The smallest absolute Gasteiger partial charge is 0.247 e. The van der Waals surface area contributed by atoms with Crippen molar-refractivity contribution in [2.75, 3.05) is 5.32 Å². The fourth-order valence-electron chi connectivity index (χ4n) is 2.74. The van der Waals surface area contributed by atoms with Gasteiger partial charge in [0.15, 0.2) is 0 Å². The molecule has 0 aliphatic rings. The first-order valence-electron chi connectivity index (χ1n) is 8.63. The zero-order chi connectivity index (χ0) is 17.9. The second-order valence-electron chi connectivity index (χ2n) is 7.64. The average Bonchev–Trinajstić information content (AvgIpc) is 3.06. The Morgan fingerprint density at radius 3 is 2.28 bits per heavy atom. The molecule has 1 unspecified atom stereocenters. The minimum atomic E-state index is -0.0346. The van der Waals surface area contributed by atoms with Crippen LogP contribution in [0.4, 0.5) is 5.69 Å². The van der Waals surface area contributed by atoms with Gasteiger partial charge in [-0.1, -0.05) is 56.7 Å². The molecule has 4 nitrogen and oxygen atoms in total. The number of nitrogens with one attached hydrogen (secondary N) is 1. The maximum Gasteiger partial charge on any atom is 0.247 e. The summed E-state index contributed by atoms with van der Waals surface area (Å²) in [6.07, 6.45) is 0.886. The van der Waals surface area contributed by atoms with Crippen molar-refractivity contribution >= 4 is 5.69 Å². The number of hydrogen-bond donors (Lipinski definition) is 1. The van der Waals surface area contributed by atoms with E-state index in [1.54, 1.807) is 0 Å². The quantitative estimate of drug-likeness (QED) is 0.656. The van der Waals surface area contributed by atoms with Crippen molar-refractivity contribution in [2.45, 2.75) is 40.2 Å². The lowest BCUT2D eigenvalue weighted by Gasteiger charge is -2.25. The molecule has 0 saturated carbocycles. The van der Waals surface area contributed by atoms with E-state index >= 15 is 0 Å². The first-order chi connectivity index (χ1) is 11.9. The zero-order valence-electron chi connectivity index (χ0n) is 15.3. The second kappa shape index (κ2) is 7.09. The number of nitrogens with zero attached hydrogens (tertiary/aromatic N) is 2. The Kier molecular flexibility index (Phi) is 4.88. The van der Waals surface area contributed by atoms with Crippen LogP contribution < -0.4 is 5.32 Å². The molecule has 3 aromatic rings. The van der Waals surface area contributed by atoms with Crippen molar-refractivity contribution in [3.8, 4) is 11.5 Å². The van der Waals surface area contributed by atoms with Gasteiger partial charge in [-0.25, -0.2) is 0 Å². The molecular formula is C21H25N3O. The van der Waals surface area contributed by atoms with Crippen LogP contribution >= 0.6 is 0 Å². The zero-order valence-corrected chi connectivity index (χ0v) is 15.3. The predicted octanol–water partition coefficient (Wildman–Crippen LogP) is 5.63. The van der Waals surface area contributed by atoms with E-state index in [1.807, 2.05) is 30.3 Å². The maximum atomic E-state index is 5.99. The van der Waals surface area contributed by atoms with Crippen LogP contribution in [-0.2, 0) is 0 Å². The van der Waals surface area contributed by atoms with Gasteiger partial charge in [0.05, 0.1) is 0 Å². The van der Waals surface area contributed by atoms with Crippen molar-refractivity contribution in [3.05, 3.63) is 66.1 Å². The number of aromatic nitrogens is 2. The minimum Gasteiger partial charge on any atom is -0.418 e. The van der Waals surface area contributed by atoms with Gasteiger partial charge in [0, 0.05) is 11.3 Å². The molecule has 0 bridgehead atoms. The van der Waals surface area contributed by atoms with Gasteiger partial charge >= 0.3 is 0 Å². The molecule has 0 spiro atoms. The highest BCUT2D eigenvalue weighted by Gasteiger charge is 2.25. The lowest BCUT2D eigenvalue weighted by Crippen LogP contribution is -2.19. The number of anilines is 1. The Morgan fingerprint density at radius 2 is 1.64 bits per heavy atom. The van der Waals surface area contributed by atoms with Gasteiger partial charge in [-0.15, -0.1) is 10.2 Å². The average molecular weight is 335 g/mol. The summed E-state index contributed by atoms with van der Waals surface area (Å²) in [5.74, 6) is 1.18. The van der Waals surface area contributed by atoms with E-state index in [0.717, 1.165) is 17.7 Å². The fourth-order valence-corrected chi connectivity index (χ4v) is 2.74. The van der Waals surface area contributed by atoms with Gasteiger partial charge in [-0.05, 0) is 43.0 Å². The van der Waals surface area contributed by atoms with Gasteiger partial charge in [0.25, 0.3) is 0 Å². The molecule has 1 heterocycles. The van der Waals surface area contributed by atoms with E-state index in [-0.39, 0.29) is 11.5 Å². The van der Waals surface area contributed by atoms with Crippen molar-refractivity contribution in [2.24, 2.45) is 5.41 Å². The SMILES string of the molecule is Cc1ccc(NC(CC(C)(C)C)c2nnc(-c3ccccc3)o2)cc1. The molecule has 0 radical (unpaired) electrons. The van der Waals surface area contributed by atoms with E-state index in [9.17, 15) is 0 Å². The molecule has 0 aliphatic heterocycles. The molecule has 130 valence electrons. The summed E-state index contributed by atoms with van der Waals surface area (Å²) in [5.41, 5.74) is 3.36. The standard InChI is InChI=1S/C21H25N3O/c1-15-10-12-17(13-11-15)22-18(14-21(2,3)4)20-24-23-19(25-20)16-8-6-5-7-9-16/h5-13,18,22H,14H2,1-4H3. The number of aryl methyl sites for hydroxylation is 1. The minimum absolute atomic E-state index is 0.0346. The topological polar surface area (TPSA) is 51.0 Å². The van der Waals surface area contributed by atoms with Gasteiger partial charge in [0.2, 0.25) is 11.8 Å².